The van der Waals surface area contributed by atoms with Crippen LogP contribution in [-0.2, 0) is 9.53 Å². The van der Waals surface area contributed by atoms with E-state index in [2.05, 4.69) is 10.6 Å². The van der Waals surface area contributed by atoms with E-state index in [1.165, 1.54) is 12.1 Å². The molecule has 1 aliphatic carbocycles. The molecule has 0 saturated heterocycles. The first kappa shape index (κ1) is 14.3. The van der Waals surface area contributed by atoms with Gasteiger partial charge in [-0.1, -0.05) is 11.6 Å². The Morgan fingerprint density at radius 1 is 1.20 bits per heavy atom. The van der Waals surface area contributed by atoms with Crippen molar-refractivity contribution in [3.8, 4) is 0 Å². The highest BCUT2D eigenvalue weighted by Gasteiger charge is 2.24. The summed E-state index contributed by atoms with van der Waals surface area (Å²) in [7, 11) is 0. The lowest BCUT2D eigenvalue weighted by Crippen LogP contribution is -2.42. The molecule has 0 atom stereocenters. The Bertz CT molecular complexity index is 526. The summed E-state index contributed by atoms with van der Waals surface area (Å²) >= 11 is 5.69. The molecule has 3 amide bonds. The number of hydrogen-bond donors (Lipinski definition) is 2. The molecule has 0 radical (unpaired) electrons. The van der Waals surface area contributed by atoms with Gasteiger partial charge in [-0.2, -0.15) is 0 Å². The molecular weight excluding hydrogens is 284 g/mol. The zero-order valence-electron chi connectivity index (χ0n) is 10.5. The van der Waals surface area contributed by atoms with E-state index in [-0.39, 0.29) is 11.6 Å². The van der Waals surface area contributed by atoms with Crippen LogP contribution in [-0.4, -0.2) is 30.6 Å². The van der Waals surface area contributed by atoms with Crippen LogP contribution in [0.15, 0.2) is 24.3 Å². The number of hydrogen-bond acceptors (Lipinski definition) is 4. The fourth-order valence-electron chi connectivity index (χ4n) is 1.41. The summed E-state index contributed by atoms with van der Waals surface area (Å²) in [5.41, 5.74) is 0.282. The van der Waals surface area contributed by atoms with Gasteiger partial charge < -0.3 is 10.1 Å². The minimum Gasteiger partial charge on any atom is -0.452 e. The van der Waals surface area contributed by atoms with Gasteiger partial charge in [0.2, 0.25) is 0 Å². The molecule has 1 saturated carbocycles. The van der Waals surface area contributed by atoms with E-state index in [0.717, 1.165) is 12.8 Å². The average molecular weight is 297 g/mol. The quantitative estimate of drug-likeness (QED) is 0.824. The largest absolute Gasteiger partial charge is 0.452 e. The van der Waals surface area contributed by atoms with Crippen LogP contribution < -0.4 is 10.6 Å². The lowest BCUT2D eigenvalue weighted by atomic mass is 10.2. The molecular formula is C13H13ClN2O4. The van der Waals surface area contributed by atoms with E-state index < -0.39 is 24.5 Å². The van der Waals surface area contributed by atoms with Crippen molar-refractivity contribution in [1.82, 2.24) is 10.6 Å². The SMILES string of the molecule is O=C(COC(=O)c1ccc(Cl)cc1)NC(=O)NC1CC1. The molecule has 2 rings (SSSR count). The number of esters is 1. The highest BCUT2D eigenvalue weighted by molar-refractivity contribution is 6.30. The zero-order valence-corrected chi connectivity index (χ0v) is 11.3. The minimum atomic E-state index is -0.675. The molecule has 0 spiro atoms. The van der Waals surface area contributed by atoms with Crippen LogP contribution in [0.4, 0.5) is 4.79 Å². The van der Waals surface area contributed by atoms with Gasteiger partial charge >= 0.3 is 12.0 Å². The molecule has 0 unspecified atom stereocenters. The minimum absolute atomic E-state index is 0.152. The van der Waals surface area contributed by atoms with Gasteiger partial charge in [0.1, 0.15) is 0 Å². The van der Waals surface area contributed by atoms with Crippen LogP contribution in [0.5, 0.6) is 0 Å². The molecule has 20 heavy (non-hydrogen) atoms. The van der Waals surface area contributed by atoms with Crippen molar-refractivity contribution >= 4 is 29.5 Å². The van der Waals surface area contributed by atoms with Crippen LogP contribution in [0.25, 0.3) is 0 Å². The van der Waals surface area contributed by atoms with Crippen molar-refractivity contribution in [3.05, 3.63) is 34.9 Å². The van der Waals surface area contributed by atoms with Crippen LogP contribution in [0, 0.1) is 0 Å². The predicted octanol–water partition coefficient (Wildman–Crippen LogP) is 1.49. The Labute approximate surface area is 120 Å². The molecule has 2 N–H and O–H groups in total. The standard InChI is InChI=1S/C13H13ClN2O4/c14-9-3-1-8(2-4-9)12(18)20-7-11(17)16-13(19)15-10-5-6-10/h1-4,10H,5-7H2,(H2,15,16,17,19). The molecule has 6 nitrogen and oxygen atoms in total. The van der Waals surface area contributed by atoms with E-state index in [1.807, 2.05) is 0 Å². The van der Waals surface area contributed by atoms with Crippen molar-refractivity contribution in [2.75, 3.05) is 6.61 Å². The van der Waals surface area contributed by atoms with Crippen molar-refractivity contribution in [2.45, 2.75) is 18.9 Å². The molecule has 0 aliphatic heterocycles. The van der Waals surface area contributed by atoms with Gasteiger partial charge in [0, 0.05) is 11.1 Å². The summed E-state index contributed by atoms with van der Waals surface area (Å²) in [5.74, 6) is -1.33. The number of urea groups is 1. The Balaban J connectivity index is 1.73. The van der Waals surface area contributed by atoms with Crippen molar-refractivity contribution in [2.24, 2.45) is 0 Å². The van der Waals surface area contributed by atoms with E-state index >= 15 is 0 Å². The Hall–Kier alpha value is -2.08. The number of benzene rings is 1. The predicted molar refractivity (Wildman–Crippen MR) is 71.4 cm³/mol. The van der Waals surface area contributed by atoms with Gasteiger partial charge in [-0.25, -0.2) is 9.59 Å². The third kappa shape index (κ3) is 4.55. The van der Waals surface area contributed by atoms with E-state index in [4.69, 9.17) is 16.3 Å². The topological polar surface area (TPSA) is 84.5 Å². The van der Waals surface area contributed by atoms with Gasteiger partial charge in [-0.15, -0.1) is 0 Å². The van der Waals surface area contributed by atoms with Gasteiger partial charge in [0.25, 0.3) is 5.91 Å². The molecule has 1 aromatic rings. The molecule has 7 heteroatoms. The van der Waals surface area contributed by atoms with Crippen LogP contribution in [0.3, 0.4) is 0 Å². The highest BCUT2D eigenvalue weighted by atomic mass is 35.5. The first-order valence-electron chi connectivity index (χ1n) is 6.07. The first-order valence-corrected chi connectivity index (χ1v) is 6.45. The van der Waals surface area contributed by atoms with Gasteiger partial charge in [-0.05, 0) is 37.1 Å². The summed E-state index contributed by atoms with van der Waals surface area (Å²) in [5, 5.41) is 5.16. The number of rotatable bonds is 4. The zero-order chi connectivity index (χ0) is 14.5. The van der Waals surface area contributed by atoms with E-state index in [9.17, 15) is 14.4 Å². The van der Waals surface area contributed by atoms with E-state index in [0.29, 0.717) is 5.02 Å². The number of carbonyl (C=O) groups excluding carboxylic acids is 3. The normalized spacial score (nSPS) is 13.4. The molecule has 1 fully saturated rings. The number of nitrogens with one attached hydrogen (secondary N) is 2. The Morgan fingerprint density at radius 3 is 2.45 bits per heavy atom. The molecule has 106 valence electrons. The lowest BCUT2D eigenvalue weighted by molar-refractivity contribution is -0.123. The molecule has 0 bridgehead atoms. The number of imide groups is 1. The smallest absolute Gasteiger partial charge is 0.338 e. The fraction of sp³-hybridized carbons (Fsp3) is 0.308. The van der Waals surface area contributed by atoms with Gasteiger partial charge in [0.15, 0.2) is 6.61 Å². The third-order valence-electron chi connectivity index (χ3n) is 2.58. The summed E-state index contributed by atoms with van der Waals surface area (Å²) in [4.78, 5) is 34.2. The Kier molecular flexibility index (Phi) is 4.57. The molecule has 1 aliphatic rings. The summed E-state index contributed by atoms with van der Waals surface area (Å²) < 4.78 is 4.78. The molecule has 1 aromatic carbocycles. The molecule has 0 heterocycles. The van der Waals surface area contributed by atoms with Crippen molar-refractivity contribution < 1.29 is 19.1 Å². The average Bonchev–Trinajstić information content (AvgIpc) is 3.20. The highest BCUT2D eigenvalue weighted by Crippen LogP contribution is 2.18. The fourth-order valence-corrected chi connectivity index (χ4v) is 1.54. The Morgan fingerprint density at radius 2 is 1.85 bits per heavy atom. The van der Waals surface area contributed by atoms with E-state index in [1.54, 1.807) is 12.1 Å². The second-order valence-electron chi connectivity index (χ2n) is 4.38. The van der Waals surface area contributed by atoms with Gasteiger partial charge in [-0.3, -0.25) is 10.1 Å². The maximum atomic E-state index is 11.6. The maximum Gasteiger partial charge on any atom is 0.338 e. The number of ether oxygens (including phenoxy) is 1. The second kappa shape index (κ2) is 6.38. The molecule has 0 aromatic heterocycles. The van der Waals surface area contributed by atoms with Crippen LogP contribution in [0.1, 0.15) is 23.2 Å². The summed E-state index contributed by atoms with van der Waals surface area (Å²) in [6.45, 7) is -0.514. The monoisotopic (exact) mass is 296 g/mol. The lowest BCUT2D eigenvalue weighted by Gasteiger charge is -2.06. The van der Waals surface area contributed by atoms with Crippen LogP contribution in [0.2, 0.25) is 5.02 Å². The number of halogens is 1. The van der Waals surface area contributed by atoms with Crippen molar-refractivity contribution in [1.29, 1.82) is 0 Å². The van der Waals surface area contributed by atoms with Crippen molar-refractivity contribution in [3.63, 3.8) is 0 Å². The third-order valence-corrected chi connectivity index (χ3v) is 2.83. The summed E-state index contributed by atoms with van der Waals surface area (Å²) in [6.07, 6.45) is 1.85. The first-order chi connectivity index (χ1) is 9.54. The van der Waals surface area contributed by atoms with Crippen LogP contribution >= 0.6 is 11.6 Å². The number of amides is 3. The maximum absolute atomic E-state index is 11.6. The second-order valence-corrected chi connectivity index (χ2v) is 4.82. The summed E-state index contributed by atoms with van der Waals surface area (Å²) in [6, 6.07) is 5.65. The van der Waals surface area contributed by atoms with Gasteiger partial charge in [0.05, 0.1) is 5.56 Å². The number of carbonyl (C=O) groups is 3.